The predicted molar refractivity (Wildman–Crippen MR) is 88.3 cm³/mol. The molecule has 0 spiro atoms. The van der Waals surface area contributed by atoms with Crippen molar-refractivity contribution < 1.29 is 0 Å². The van der Waals surface area contributed by atoms with Gasteiger partial charge >= 0.3 is 0 Å². The Morgan fingerprint density at radius 3 is 2.57 bits per heavy atom. The Morgan fingerprint density at radius 2 is 1.90 bits per heavy atom. The first-order chi connectivity index (χ1) is 10.3. The summed E-state index contributed by atoms with van der Waals surface area (Å²) >= 11 is 1.71. The molecule has 0 aliphatic carbocycles. The Hall–Kier alpha value is -2.04. The minimum atomic E-state index is 0.620. The number of aryl methyl sites for hydroxylation is 1. The number of benzene rings is 1. The summed E-state index contributed by atoms with van der Waals surface area (Å²) < 4.78 is 0. The van der Waals surface area contributed by atoms with Crippen LogP contribution < -0.4 is 5.73 Å². The second-order valence-corrected chi connectivity index (χ2v) is 5.99. The predicted octanol–water partition coefficient (Wildman–Crippen LogP) is 3.68. The molecule has 2 aromatic heterocycles. The molecule has 106 valence electrons. The van der Waals surface area contributed by atoms with Crippen molar-refractivity contribution in [1.82, 2.24) is 9.97 Å². The fourth-order valence-electron chi connectivity index (χ4n) is 2.17. The molecule has 2 heterocycles. The zero-order valence-electron chi connectivity index (χ0n) is 11.9. The van der Waals surface area contributed by atoms with Crippen LogP contribution in [0.25, 0.3) is 22.0 Å². The van der Waals surface area contributed by atoms with Crippen molar-refractivity contribution in [3.63, 3.8) is 0 Å². The van der Waals surface area contributed by atoms with Crippen LogP contribution in [0.15, 0.2) is 48.7 Å². The molecule has 3 aromatic rings. The standard InChI is InChI=1S/C17H17N3S/c1-12-5-7-13(8-6-12)17-20-16(15(21-17)9-10-18)14-4-2-3-11-19-14/h2-8,11H,9-10,18H2,1H3. The van der Waals surface area contributed by atoms with E-state index in [-0.39, 0.29) is 0 Å². The summed E-state index contributed by atoms with van der Waals surface area (Å²) in [6, 6.07) is 14.3. The van der Waals surface area contributed by atoms with Gasteiger partial charge in [0, 0.05) is 16.6 Å². The zero-order chi connectivity index (χ0) is 14.7. The molecule has 1 aromatic carbocycles. The molecule has 0 unspecified atom stereocenters. The number of aromatic nitrogens is 2. The van der Waals surface area contributed by atoms with Crippen molar-refractivity contribution in [2.45, 2.75) is 13.3 Å². The largest absolute Gasteiger partial charge is 0.330 e. The molecular formula is C17H17N3S. The molecule has 0 saturated heterocycles. The highest BCUT2D eigenvalue weighted by Crippen LogP contribution is 2.33. The van der Waals surface area contributed by atoms with Crippen molar-refractivity contribution >= 4 is 11.3 Å². The number of nitrogens with zero attached hydrogens (tertiary/aromatic N) is 2. The van der Waals surface area contributed by atoms with Gasteiger partial charge in [-0.15, -0.1) is 11.3 Å². The lowest BCUT2D eigenvalue weighted by molar-refractivity contribution is 0.984. The topological polar surface area (TPSA) is 51.8 Å². The van der Waals surface area contributed by atoms with Crippen molar-refractivity contribution in [3.05, 3.63) is 59.1 Å². The van der Waals surface area contributed by atoms with Crippen LogP contribution in [0.4, 0.5) is 0 Å². The lowest BCUT2D eigenvalue weighted by Gasteiger charge is -1.99. The highest BCUT2D eigenvalue weighted by atomic mass is 32.1. The normalized spacial score (nSPS) is 10.8. The van der Waals surface area contributed by atoms with Gasteiger partial charge in [-0.05, 0) is 32.0 Å². The van der Waals surface area contributed by atoms with Gasteiger partial charge in [0.25, 0.3) is 0 Å². The molecule has 0 fully saturated rings. The Labute approximate surface area is 128 Å². The van der Waals surface area contributed by atoms with Crippen molar-refractivity contribution in [3.8, 4) is 22.0 Å². The van der Waals surface area contributed by atoms with Crippen LogP contribution in [0.2, 0.25) is 0 Å². The van der Waals surface area contributed by atoms with Gasteiger partial charge in [-0.1, -0.05) is 35.9 Å². The van der Waals surface area contributed by atoms with Gasteiger partial charge in [-0.2, -0.15) is 0 Å². The molecule has 0 atom stereocenters. The van der Waals surface area contributed by atoms with Gasteiger partial charge in [-0.25, -0.2) is 4.98 Å². The lowest BCUT2D eigenvalue weighted by atomic mass is 10.1. The van der Waals surface area contributed by atoms with Crippen LogP contribution in [0.1, 0.15) is 10.4 Å². The molecule has 0 amide bonds. The molecular weight excluding hydrogens is 278 g/mol. The minimum absolute atomic E-state index is 0.620. The Kier molecular flexibility index (Phi) is 4.08. The summed E-state index contributed by atoms with van der Waals surface area (Å²) in [5.41, 5.74) is 10.0. The van der Waals surface area contributed by atoms with Crippen LogP contribution in [0.3, 0.4) is 0 Å². The van der Waals surface area contributed by atoms with E-state index in [1.54, 1.807) is 17.5 Å². The van der Waals surface area contributed by atoms with E-state index in [4.69, 9.17) is 10.7 Å². The number of rotatable bonds is 4. The summed E-state index contributed by atoms with van der Waals surface area (Å²) in [6.07, 6.45) is 2.63. The quantitative estimate of drug-likeness (QED) is 0.798. The number of nitrogens with two attached hydrogens (primary N) is 1. The summed E-state index contributed by atoms with van der Waals surface area (Å²) in [5, 5.41) is 1.03. The first kappa shape index (κ1) is 13.9. The average molecular weight is 295 g/mol. The molecule has 0 radical (unpaired) electrons. The van der Waals surface area contributed by atoms with Crippen LogP contribution in [0, 0.1) is 6.92 Å². The van der Waals surface area contributed by atoms with Gasteiger partial charge in [0.1, 0.15) is 10.7 Å². The third-order valence-corrected chi connectivity index (χ3v) is 4.44. The number of pyridine rings is 1. The lowest BCUT2D eigenvalue weighted by Crippen LogP contribution is -2.02. The van der Waals surface area contributed by atoms with Gasteiger partial charge in [0.05, 0.1) is 5.69 Å². The highest BCUT2D eigenvalue weighted by Gasteiger charge is 2.14. The van der Waals surface area contributed by atoms with E-state index >= 15 is 0 Å². The Morgan fingerprint density at radius 1 is 1.10 bits per heavy atom. The van der Waals surface area contributed by atoms with Crippen LogP contribution >= 0.6 is 11.3 Å². The fraction of sp³-hybridized carbons (Fsp3) is 0.176. The van der Waals surface area contributed by atoms with E-state index in [1.165, 1.54) is 10.4 Å². The molecule has 0 aliphatic heterocycles. The maximum absolute atomic E-state index is 5.73. The Balaban J connectivity index is 2.06. The van der Waals surface area contributed by atoms with Gasteiger partial charge in [0.15, 0.2) is 0 Å². The summed E-state index contributed by atoms with van der Waals surface area (Å²) in [6.45, 7) is 2.71. The third-order valence-electron chi connectivity index (χ3n) is 3.27. The van der Waals surface area contributed by atoms with Crippen molar-refractivity contribution in [1.29, 1.82) is 0 Å². The van der Waals surface area contributed by atoms with Crippen LogP contribution in [-0.4, -0.2) is 16.5 Å². The first-order valence-electron chi connectivity index (χ1n) is 6.96. The van der Waals surface area contributed by atoms with E-state index in [0.29, 0.717) is 6.54 Å². The fourth-order valence-corrected chi connectivity index (χ4v) is 3.27. The Bertz CT molecular complexity index is 718. The molecule has 0 bridgehead atoms. The number of thiazole rings is 1. The molecule has 3 rings (SSSR count). The summed E-state index contributed by atoms with van der Waals surface area (Å²) in [5.74, 6) is 0. The van der Waals surface area contributed by atoms with E-state index < -0.39 is 0 Å². The van der Waals surface area contributed by atoms with E-state index in [1.807, 2.05) is 18.2 Å². The third kappa shape index (κ3) is 3.01. The maximum atomic E-state index is 5.73. The molecule has 0 saturated carbocycles. The van der Waals surface area contributed by atoms with Crippen LogP contribution in [0.5, 0.6) is 0 Å². The molecule has 21 heavy (non-hydrogen) atoms. The molecule has 2 N–H and O–H groups in total. The number of hydrogen-bond donors (Lipinski definition) is 1. The summed E-state index contributed by atoms with van der Waals surface area (Å²) in [7, 11) is 0. The van der Waals surface area contributed by atoms with Gasteiger partial charge in [-0.3, -0.25) is 4.98 Å². The summed E-state index contributed by atoms with van der Waals surface area (Å²) in [4.78, 5) is 10.4. The zero-order valence-corrected chi connectivity index (χ0v) is 12.7. The number of hydrogen-bond acceptors (Lipinski definition) is 4. The molecule has 0 aliphatic rings. The molecule has 3 nitrogen and oxygen atoms in total. The smallest absolute Gasteiger partial charge is 0.124 e. The first-order valence-corrected chi connectivity index (χ1v) is 7.78. The molecule has 4 heteroatoms. The SMILES string of the molecule is Cc1ccc(-c2nc(-c3ccccn3)c(CCN)s2)cc1. The van der Waals surface area contributed by atoms with Crippen molar-refractivity contribution in [2.24, 2.45) is 5.73 Å². The second kappa shape index (κ2) is 6.16. The van der Waals surface area contributed by atoms with E-state index in [0.717, 1.165) is 28.4 Å². The second-order valence-electron chi connectivity index (χ2n) is 4.91. The van der Waals surface area contributed by atoms with Crippen molar-refractivity contribution in [2.75, 3.05) is 6.54 Å². The highest BCUT2D eigenvalue weighted by molar-refractivity contribution is 7.15. The van der Waals surface area contributed by atoms with Gasteiger partial charge < -0.3 is 5.73 Å². The maximum Gasteiger partial charge on any atom is 0.124 e. The van der Waals surface area contributed by atoms with Gasteiger partial charge in [0.2, 0.25) is 0 Å². The van der Waals surface area contributed by atoms with E-state index in [9.17, 15) is 0 Å². The van der Waals surface area contributed by atoms with Crippen LogP contribution in [-0.2, 0) is 6.42 Å². The minimum Gasteiger partial charge on any atom is -0.330 e. The average Bonchev–Trinajstić information content (AvgIpc) is 2.93. The monoisotopic (exact) mass is 295 g/mol. The van der Waals surface area contributed by atoms with E-state index in [2.05, 4.69) is 36.2 Å².